The number of benzene rings is 3. The maximum atomic E-state index is 12.3. The molecule has 4 rings (SSSR count). The van der Waals surface area contributed by atoms with Crippen LogP contribution in [0.15, 0.2) is 59.5 Å². The van der Waals surface area contributed by atoms with Crippen molar-refractivity contribution in [2.45, 2.75) is 4.90 Å². The van der Waals surface area contributed by atoms with E-state index in [2.05, 4.69) is 0 Å². The summed E-state index contributed by atoms with van der Waals surface area (Å²) < 4.78 is 36.9. The first kappa shape index (κ1) is 15.5. The Bertz CT molecular complexity index is 1160. The minimum atomic E-state index is -4.51. The van der Waals surface area contributed by atoms with Crippen LogP contribution in [0.3, 0.4) is 0 Å². The zero-order valence-corrected chi connectivity index (χ0v) is 13.4. The van der Waals surface area contributed by atoms with Gasteiger partial charge in [-0.3, -0.25) is 4.55 Å². The molecule has 0 atom stereocenters. The highest BCUT2D eigenvalue weighted by molar-refractivity contribution is 7.85. The summed E-state index contributed by atoms with van der Waals surface area (Å²) in [6.07, 6.45) is 0. The van der Waals surface area contributed by atoms with Crippen LogP contribution >= 0.6 is 0 Å². The summed E-state index contributed by atoms with van der Waals surface area (Å²) in [6.45, 7) is 0. The number of hydrogen-bond donors (Lipinski definition) is 1. The van der Waals surface area contributed by atoms with E-state index in [1.165, 1.54) is 6.07 Å². The van der Waals surface area contributed by atoms with Gasteiger partial charge in [-0.1, -0.05) is 42.5 Å². The second-order valence-corrected chi connectivity index (χ2v) is 7.00. The molecule has 25 heavy (non-hydrogen) atoms. The maximum Gasteiger partial charge on any atom is 0.347 e. The van der Waals surface area contributed by atoms with Gasteiger partial charge in [0.25, 0.3) is 10.1 Å². The van der Waals surface area contributed by atoms with Gasteiger partial charge in [-0.2, -0.15) is 8.42 Å². The van der Waals surface area contributed by atoms with E-state index in [9.17, 15) is 22.6 Å². The van der Waals surface area contributed by atoms with Gasteiger partial charge in [0.05, 0.1) is 16.0 Å². The summed E-state index contributed by atoms with van der Waals surface area (Å²) >= 11 is 0. The van der Waals surface area contributed by atoms with E-state index >= 15 is 0 Å². The molecule has 0 saturated heterocycles. The molecule has 0 bridgehead atoms. The fraction of sp³-hybridized carbons (Fsp3) is 0. The number of ether oxygens (including phenoxy) is 1. The predicted molar refractivity (Wildman–Crippen MR) is 88.9 cm³/mol. The Hall–Kier alpha value is -3.03. The molecule has 3 aromatic carbocycles. The van der Waals surface area contributed by atoms with Crippen LogP contribution in [0.2, 0.25) is 0 Å². The standard InChI is InChI=1S/C18H10O6S/c19-17-14-9-12(25(21,22)23)8-11-6-7-13(10-4-2-1-3-5-10)16(15(11)14)18(20)24-17/h1-9H,(H,21,22,23). The van der Waals surface area contributed by atoms with Crippen molar-refractivity contribution in [1.29, 1.82) is 0 Å². The first-order valence-electron chi connectivity index (χ1n) is 7.26. The van der Waals surface area contributed by atoms with Crippen LogP contribution in [0.5, 0.6) is 0 Å². The second-order valence-electron chi connectivity index (χ2n) is 5.58. The van der Waals surface area contributed by atoms with Crippen LogP contribution < -0.4 is 0 Å². The van der Waals surface area contributed by atoms with Crippen LogP contribution in [0, 0.1) is 0 Å². The Kier molecular flexibility index (Phi) is 3.24. The molecule has 124 valence electrons. The molecule has 1 N–H and O–H groups in total. The van der Waals surface area contributed by atoms with Crippen molar-refractivity contribution in [3.05, 3.63) is 65.7 Å². The highest BCUT2D eigenvalue weighted by Crippen LogP contribution is 2.37. The fourth-order valence-electron chi connectivity index (χ4n) is 3.01. The first-order chi connectivity index (χ1) is 11.9. The van der Waals surface area contributed by atoms with Crippen LogP contribution in [0.1, 0.15) is 20.7 Å². The Morgan fingerprint density at radius 1 is 0.840 bits per heavy atom. The second kappa shape index (κ2) is 5.23. The minimum Gasteiger partial charge on any atom is -0.386 e. The third kappa shape index (κ3) is 2.41. The predicted octanol–water partition coefficient (Wildman–Crippen LogP) is 3.06. The first-order valence-corrected chi connectivity index (χ1v) is 8.70. The van der Waals surface area contributed by atoms with E-state index in [1.807, 2.05) is 30.3 Å². The molecule has 0 aliphatic carbocycles. The van der Waals surface area contributed by atoms with Crippen LogP contribution in [0.25, 0.3) is 21.9 Å². The summed E-state index contributed by atoms with van der Waals surface area (Å²) in [5.41, 5.74) is 1.46. The highest BCUT2D eigenvalue weighted by Gasteiger charge is 2.31. The van der Waals surface area contributed by atoms with Gasteiger partial charge in [-0.05, 0) is 28.6 Å². The van der Waals surface area contributed by atoms with E-state index in [4.69, 9.17) is 4.74 Å². The zero-order chi connectivity index (χ0) is 17.8. The number of hydrogen-bond acceptors (Lipinski definition) is 5. The summed E-state index contributed by atoms with van der Waals surface area (Å²) in [6, 6.07) is 14.6. The van der Waals surface area contributed by atoms with Gasteiger partial charge in [0.15, 0.2) is 0 Å². The van der Waals surface area contributed by atoms with E-state index in [-0.39, 0.29) is 11.1 Å². The highest BCUT2D eigenvalue weighted by atomic mass is 32.2. The maximum absolute atomic E-state index is 12.3. The molecule has 6 nitrogen and oxygen atoms in total. The molecule has 7 heteroatoms. The summed E-state index contributed by atoms with van der Waals surface area (Å²) in [4.78, 5) is 24.0. The largest absolute Gasteiger partial charge is 0.386 e. The quantitative estimate of drug-likeness (QED) is 0.431. The van der Waals surface area contributed by atoms with Gasteiger partial charge in [0.2, 0.25) is 0 Å². The topological polar surface area (TPSA) is 97.7 Å². The van der Waals surface area contributed by atoms with Crippen LogP contribution in [-0.2, 0) is 14.9 Å². The zero-order valence-electron chi connectivity index (χ0n) is 12.6. The van der Waals surface area contributed by atoms with Crippen molar-refractivity contribution in [2.75, 3.05) is 0 Å². The third-order valence-electron chi connectivity index (χ3n) is 4.08. The fourth-order valence-corrected chi connectivity index (χ4v) is 3.55. The molecule has 0 aromatic heterocycles. The van der Waals surface area contributed by atoms with E-state index in [1.54, 1.807) is 12.1 Å². The van der Waals surface area contributed by atoms with Gasteiger partial charge >= 0.3 is 11.9 Å². The Balaban J connectivity index is 2.15. The van der Waals surface area contributed by atoms with Crippen molar-refractivity contribution in [2.24, 2.45) is 0 Å². The number of esters is 2. The molecule has 0 amide bonds. The van der Waals surface area contributed by atoms with E-state index < -0.39 is 27.0 Å². The molecule has 1 aliphatic heterocycles. The summed E-state index contributed by atoms with van der Waals surface area (Å²) in [7, 11) is -4.51. The number of cyclic esters (lactones) is 2. The van der Waals surface area contributed by atoms with Crippen molar-refractivity contribution in [3.8, 4) is 11.1 Å². The van der Waals surface area contributed by atoms with Crippen molar-refractivity contribution in [3.63, 3.8) is 0 Å². The lowest BCUT2D eigenvalue weighted by molar-refractivity contribution is 0.0391. The molecule has 3 aromatic rings. The number of rotatable bonds is 2. The Morgan fingerprint density at radius 2 is 1.56 bits per heavy atom. The lowest BCUT2D eigenvalue weighted by atomic mass is 9.90. The lowest BCUT2D eigenvalue weighted by Crippen LogP contribution is -2.21. The van der Waals surface area contributed by atoms with Gasteiger partial charge in [0, 0.05) is 5.39 Å². The molecule has 1 aliphatic rings. The van der Waals surface area contributed by atoms with Gasteiger partial charge < -0.3 is 4.74 Å². The number of carbonyl (C=O) groups excluding carboxylic acids is 2. The SMILES string of the molecule is O=C1OC(=O)c2c(-c3ccccc3)ccc3cc(S(=O)(=O)O)cc1c23. The third-order valence-corrected chi connectivity index (χ3v) is 4.91. The van der Waals surface area contributed by atoms with Gasteiger partial charge in [-0.15, -0.1) is 0 Å². The Labute approximate surface area is 142 Å². The summed E-state index contributed by atoms with van der Waals surface area (Å²) in [5.74, 6) is -1.74. The molecule has 0 unspecified atom stereocenters. The smallest absolute Gasteiger partial charge is 0.347 e. The van der Waals surface area contributed by atoms with E-state index in [0.717, 1.165) is 11.6 Å². The average molecular weight is 354 g/mol. The normalized spacial score (nSPS) is 13.8. The van der Waals surface area contributed by atoms with E-state index in [0.29, 0.717) is 16.3 Å². The molecule has 0 saturated carbocycles. The van der Waals surface area contributed by atoms with Gasteiger partial charge in [0.1, 0.15) is 0 Å². The van der Waals surface area contributed by atoms with Crippen molar-refractivity contribution < 1.29 is 27.3 Å². The van der Waals surface area contributed by atoms with Crippen molar-refractivity contribution in [1.82, 2.24) is 0 Å². The lowest BCUT2D eigenvalue weighted by Gasteiger charge is -2.19. The van der Waals surface area contributed by atoms with Crippen LogP contribution in [-0.4, -0.2) is 24.9 Å². The number of carbonyl (C=O) groups is 2. The molecular weight excluding hydrogens is 344 g/mol. The van der Waals surface area contributed by atoms with Gasteiger partial charge in [-0.25, -0.2) is 9.59 Å². The molecule has 1 heterocycles. The summed E-state index contributed by atoms with van der Waals surface area (Å²) in [5, 5.41) is 0.666. The molecular formula is C18H10O6S. The van der Waals surface area contributed by atoms with Crippen LogP contribution in [0.4, 0.5) is 0 Å². The minimum absolute atomic E-state index is 0.0718. The molecule has 0 radical (unpaired) electrons. The van der Waals surface area contributed by atoms with Crippen molar-refractivity contribution >= 4 is 32.8 Å². The molecule has 0 spiro atoms. The average Bonchev–Trinajstić information content (AvgIpc) is 2.58. The monoisotopic (exact) mass is 354 g/mol. The Morgan fingerprint density at radius 3 is 2.24 bits per heavy atom. The molecule has 0 fully saturated rings.